The highest BCUT2D eigenvalue weighted by atomic mass is 19.4. The molecule has 0 saturated carbocycles. The predicted molar refractivity (Wildman–Crippen MR) is 60.3 cm³/mol. The van der Waals surface area contributed by atoms with Crippen LogP contribution in [0.4, 0.5) is 18.9 Å². The molecule has 1 atom stereocenters. The van der Waals surface area contributed by atoms with E-state index in [0.717, 1.165) is 12.1 Å². The zero-order valence-electron chi connectivity index (χ0n) is 9.38. The molecule has 6 heteroatoms. The van der Waals surface area contributed by atoms with E-state index in [2.05, 4.69) is 11.2 Å². The van der Waals surface area contributed by atoms with E-state index in [1.54, 1.807) is 6.92 Å². The Balaban J connectivity index is 3.23. The molecular weight excluding hydrogens is 247 g/mol. The van der Waals surface area contributed by atoms with E-state index < -0.39 is 29.3 Å². The molecule has 1 unspecified atom stereocenters. The summed E-state index contributed by atoms with van der Waals surface area (Å²) in [5.74, 6) is 0.674. The van der Waals surface area contributed by atoms with Crippen molar-refractivity contribution >= 4 is 11.7 Å². The summed E-state index contributed by atoms with van der Waals surface area (Å²) in [5, 5.41) is 11.3. The predicted octanol–water partition coefficient (Wildman–Crippen LogP) is 2.84. The van der Waals surface area contributed by atoms with E-state index >= 15 is 0 Å². The lowest BCUT2D eigenvalue weighted by molar-refractivity contribution is -0.138. The zero-order chi connectivity index (χ0) is 13.9. The van der Waals surface area contributed by atoms with Crippen LogP contribution in [0.1, 0.15) is 22.8 Å². The number of terminal acetylenes is 1. The van der Waals surface area contributed by atoms with Crippen molar-refractivity contribution in [1.82, 2.24) is 0 Å². The molecule has 2 N–H and O–H groups in total. The molecule has 1 aromatic carbocycles. The Morgan fingerprint density at radius 2 is 2.11 bits per heavy atom. The third-order valence-electron chi connectivity index (χ3n) is 2.19. The summed E-state index contributed by atoms with van der Waals surface area (Å²) < 4.78 is 38.0. The molecule has 0 radical (unpaired) electrons. The Kier molecular flexibility index (Phi) is 3.86. The summed E-state index contributed by atoms with van der Waals surface area (Å²) in [6.07, 6.45) is 0.362. The van der Waals surface area contributed by atoms with Crippen molar-refractivity contribution in [3.8, 4) is 12.3 Å². The second-order valence-corrected chi connectivity index (χ2v) is 3.60. The van der Waals surface area contributed by atoms with Crippen molar-refractivity contribution in [2.24, 2.45) is 0 Å². The van der Waals surface area contributed by atoms with E-state index in [1.165, 1.54) is 6.07 Å². The quantitative estimate of drug-likeness (QED) is 0.818. The number of halogens is 3. The number of anilines is 1. The van der Waals surface area contributed by atoms with E-state index in [1.807, 2.05) is 0 Å². The average molecular weight is 257 g/mol. The molecule has 0 aliphatic heterocycles. The number of benzene rings is 1. The van der Waals surface area contributed by atoms with Crippen LogP contribution in [0.15, 0.2) is 18.2 Å². The zero-order valence-corrected chi connectivity index (χ0v) is 9.38. The first-order chi connectivity index (χ1) is 8.25. The first-order valence-electron chi connectivity index (χ1n) is 4.93. The lowest BCUT2D eigenvalue weighted by Crippen LogP contribution is -2.16. The van der Waals surface area contributed by atoms with Gasteiger partial charge < -0.3 is 10.4 Å². The monoisotopic (exact) mass is 257 g/mol. The van der Waals surface area contributed by atoms with Crippen molar-refractivity contribution in [2.75, 3.05) is 5.32 Å². The molecule has 0 amide bonds. The first kappa shape index (κ1) is 13.9. The van der Waals surface area contributed by atoms with Crippen LogP contribution >= 0.6 is 0 Å². The van der Waals surface area contributed by atoms with Crippen molar-refractivity contribution < 1.29 is 23.1 Å². The molecule has 96 valence electrons. The van der Waals surface area contributed by atoms with Gasteiger partial charge in [-0.3, -0.25) is 0 Å². The average Bonchev–Trinajstić information content (AvgIpc) is 2.27. The fourth-order valence-electron chi connectivity index (χ4n) is 1.35. The number of carboxylic acids is 1. The number of alkyl halides is 3. The molecule has 0 bridgehead atoms. The minimum Gasteiger partial charge on any atom is -0.478 e. The van der Waals surface area contributed by atoms with Gasteiger partial charge >= 0.3 is 12.1 Å². The van der Waals surface area contributed by atoms with Gasteiger partial charge in [0.1, 0.15) is 0 Å². The molecule has 1 aromatic rings. The van der Waals surface area contributed by atoms with Crippen molar-refractivity contribution in [2.45, 2.75) is 19.1 Å². The summed E-state index contributed by atoms with van der Waals surface area (Å²) in [4.78, 5) is 10.7. The third kappa shape index (κ3) is 3.17. The highest BCUT2D eigenvalue weighted by Crippen LogP contribution is 2.34. The minimum absolute atomic E-state index is 0.123. The van der Waals surface area contributed by atoms with Crippen LogP contribution in [-0.2, 0) is 6.18 Å². The van der Waals surface area contributed by atoms with Gasteiger partial charge in [0.2, 0.25) is 0 Å². The summed E-state index contributed by atoms with van der Waals surface area (Å²) >= 11 is 0. The largest absolute Gasteiger partial charge is 0.478 e. The number of rotatable bonds is 3. The standard InChI is InChI=1S/C12H10F3NO2/c1-3-7(2)16-8-4-5-9(11(17)18)10(6-8)12(13,14)15/h1,4-7,16H,2H3,(H,17,18). The van der Waals surface area contributed by atoms with Gasteiger partial charge in [-0.1, -0.05) is 5.92 Å². The fourth-order valence-corrected chi connectivity index (χ4v) is 1.35. The second-order valence-electron chi connectivity index (χ2n) is 3.60. The molecule has 0 spiro atoms. The van der Waals surface area contributed by atoms with Crippen LogP contribution in [0.25, 0.3) is 0 Å². The SMILES string of the molecule is C#CC(C)Nc1ccc(C(=O)O)c(C(F)(F)F)c1. The molecule has 0 saturated heterocycles. The third-order valence-corrected chi connectivity index (χ3v) is 2.19. The molecule has 1 rings (SSSR count). The summed E-state index contributed by atoms with van der Waals surface area (Å²) in [5.41, 5.74) is -1.87. The first-order valence-corrected chi connectivity index (χ1v) is 4.93. The van der Waals surface area contributed by atoms with Crippen LogP contribution in [0.5, 0.6) is 0 Å². The molecule has 18 heavy (non-hydrogen) atoms. The van der Waals surface area contributed by atoms with E-state index in [4.69, 9.17) is 11.5 Å². The van der Waals surface area contributed by atoms with Crippen molar-refractivity contribution in [3.63, 3.8) is 0 Å². The van der Waals surface area contributed by atoms with E-state index in [9.17, 15) is 18.0 Å². The van der Waals surface area contributed by atoms with Crippen LogP contribution in [-0.4, -0.2) is 17.1 Å². The molecule has 3 nitrogen and oxygen atoms in total. The lowest BCUT2D eigenvalue weighted by atomic mass is 10.1. The van der Waals surface area contributed by atoms with Gasteiger partial charge in [-0.25, -0.2) is 4.79 Å². The van der Waals surface area contributed by atoms with Gasteiger partial charge in [-0.2, -0.15) is 13.2 Å². The Labute approximate surface area is 102 Å². The highest BCUT2D eigenvalue weighted by Gasteiger charge is 2.35. The maximum Gasteiger partial charge on any atom is 0.417 e. The molecule has 0 fully saturated rings. The number of carbonyl (C=O) groups is 1. The topological polar surface area (TPSA) is 49.3 Å². The lowest BCUT2D eigenvalue weighted by Gasteiger charge is -2.14. The Hall–Kier alpha value is -2.16. The summed E-state index contributed by atoms with van der Waals surface area (Å²) in [7, 11) is 0. The number of aromatic carboxylic acids is 1. The van der Waals surface area contributed by atoms with Gasteiger partial charge in [0, 0.05) is 5.69 Å². The Bertz CT molecular complexity index is 503. The van der Waals surface area contributed by atoms with Crippen LogP contribution in [0.3, 0.4) is 0 Å². The van der Waals surface area contributed by atoms with Gasteiger partial charge in [0.05, 0.1) is 17.2 Å². The fraction of sp³-hybridized carbons (Fsp3) is 0.250. The molecule has 0 aliphatic rings. The Morgan fingerprint density at radius 1 is 1.50 bits per heavy atom. The van der Waals surface area contributed by atoms with E-state index in [-0.39, 0.29) is 5.69 Å². The highest BCUT2D eigenvalue weighted by molar-refractivity contribution is 5.90. The van der Waals surface area contributed by atoms with Gasteiger partial charge in [0.25, 0.3) is 0 Å². The van der Waals surface area contributed by atoms with Crippen molar-refractivity contribution in [1.29, 1.82) is 0 Å². The van der Waals surface area contributed by atoms with Gasteiger partial charge in [0.15, 0.2) is 0 Å². The van der Waals surface area contributed by atoms with E-state index in [0.29, 0.717) is 0 Å². The van der Waals surface area contributed by atoms with Crippen molar-refractivity contribution in [3.05, 3.63) is 29.3 Å². The summed E-state index contributed by atoms with van der Waals surface area (Å²) in [6.45, 7) is 1.60. The smallest absolute Gasteiger partial charge is 0.417 e. The number of hydrogen-bond acceptors (Lipinski definition) is 2. The molecule has 0 heterocycles. The van der Waals surface area contributed by atoms with Gasteiger partial charge in [-0.15, -0.1) is 6.42 Å². The van der Waals surface area contributed by atoms with Crippen LogP contribution in [0, 0.1) is 12.3 Å². The normalized spacial score (nSPS) is 12.6. The van der Waals surface area contributed by atoms with Crippen LogP contribution in [0.2, 0.25) is 0 Å². The maximum atomic E-state index is 12.7. The molecule has 0 aliphatic carbocycles. The molecule has 0 aromatic heterocycles. The Morgan fingerprint density at radius 3 is 2.56 bits per heavy atom. The number of nitrogens with one attached hydrogen (secondary N) is 1. The maximum absolute atomic E-state index is 12.7. The number of hydrogen-bond donors (Lipinski definition) is 2. The minimum atomic E-state index is -4.73. The summed E-state index contributed by atoms with van der Waals surface area (Å²) in [6, 6.07) is 2.42. The molecular formula is C12H10F3NO2. The van der Waals surface area contributed by atoms with Crippen LogP contribution < -0.4 is 5.32 Å². The van der Waals surface area contributed by atoms with Gasteiger partial charge in [-0.05, 0) is 25.1 Å². The second kappa shape index (κ2) is 5.00. The number of carboxylic acid groups (broad SMARTS) is 1.